The molecule has 0 nitrogen and oxygen atoms in total. The Hall–Kier alpha value is -0.860. The van der Waals surface area contributed by atoms with E-state index in [1.165, 1.54) is 50.4 Å². The van der Waals surface area contributed by atoms with Crippen LogP contribution in [0.3, 0.4) is 0 Å². The van der Waals surface area contributed by atoms with E-state index in [0.29, 0.717) is 0 Å². The highest BCUT2D eigenvalue weighted by atomic mass is 32.2. The van der Waals surface area contributed by atoms with Gasteiger partial charge in [0, 0.05) is 31.9 Å². The molecule has 0 bridgehead atoms. The van der Waals surface area contributed by atoms with E-state index in [0.717, 1.165) is 0 Å². The van der Waals surface area contributed by atoms with Crippen molar-refractivity contribution in [3.63, 3.8) is 0 Å². The van der Waals surface area contributed by atoms with Gasteiger partial charge in [-0.05, 0) is 54.9 Å². The van der Waals surface area contributed by atoms with E-state index in [1.54, 1.807) is 0 Å². The summed E-state index contributed by atoms with van der Waals surface area (Å²) >= 11 is 6.03. The quantitative estimate of drug-likeness (QED) is 0.207. The molecule has 0 radical (unpaired) electrons. The molecule has 146 valence electrons. The number of hydrogen-bond acceptors (Lipinski definition) is 3. The molecule has 28 heavy (non-hydrogen) atoms. The van der Waals surface area contributed by atoms with Crippen LogP contribution in [0, 0.1) is 0 Å². The van der Waals surface area contributed by atoms with Crippen LogP contribution >= 0.6 is 43.2 Å². The van der Waals surface area contributed by atoms with Crippen molar-refractivity contribution in [1.29, 1.82) is 0 Å². The van der Waals surface area contributed by atoms with Crippen molar-refractivity contribution in [3.8, 4) is 0 Å². The van der Waals surface area contributed by atoms with Gasteiger partial charge in [-0.1, -0.05) is 54.6 Å². The maximum absolute atomic E-state index is 2.23. The van der Waals surface area contributed by atoms with Crippen LogP contribution in [0.25, 0.3) is 0 Å². The SMILES string of the molecule is c1ccc(SCCP(CCSc2ccccc2)CCSc2ccccc2)cc1. The molecule has 0 aliphatic carbocycles. The molecule has 0 N–H and O–H groups in total. The first-order valence-electron chi connectivity index (χ1n) is 9.66. The molecular formula is C24H27PS3. The van der Waals surface area contributed by atoms with Crippen LogP contribution in [0.2, 0.25) is 0 Å². The van der Waals surface area contributed by atoms with E-state index in [9.17, 15) is 0 Å². The van der Waals surface area contributed by atoms with E-state index in [1.807, 2.05) is 35.3 Å². The Balaban J connectivity index is 1.44. The molecule has 0 heterocycles. The molecule has 0 saturated heterocycles. The molecule has 0 spiro atoms. The minimum atomic E-state index is 0.0881. The molecule has 0 amide bonds. The zero-order chi connectivity index (χ0) is 19.3. The van der Waals surface area contributed by atoms with Crippen molar-refractivity contribution >= 4 is 43.2 Å². The molecule has 0 atom stereocenters. The first-order valence-corrected chi connectivity index (χ1v) is 14.5. The highest BCUT2D eigenvalue weighted by Gasteiger charge is 2.09. The summed E-state index contributed by atoms with van der Waals surface area (Å²) in [5, 5.41) is 0. The van der Waals surface area contributed by atoms with Crippen molar-refractivity contribution in [1.82, 2.24) is 0 Å². The van der Waals surface area contributed by atoms with Crippen molar-refractivity contribution in [2.75, 3.05) is 35.7 Å². The van der Waals surface area contributed by atoms with Crippen LogP contribution in [0.5, 0.6) is 0 Å². The minimum Gasteiger partial charge on any atom is -0.126 e. The average molecular weight is 443 g/mol. The Morgan fingerprint density at radius 1 is 0.429 bits per heavy atom. The Morgan fingerprint density at radius 2 is 0.714 bits per heavy atom. The number of thioether (sulfide) groups is 3. The fourth-order valence-corrected chi connectivity index (χ4v) is 9.38. The summed E-state index contributed by atoms with van der Waals surface area (Å²) in [5.74, 6) is 3.71. The molecular weight excluding hydrogens is 415 g/mol. The lowest BCUT2D eigenvalue weighted by Crippen LogP contribution is -2.01. The Morgan fingerprint density at radius 3 is 1.00 bits per heavy atom. The van der Waals surface area contributed by atoms with E-state index in [4.69, 9.17) is 0 Å². The standard InChI is InChI=1S/C24H27PS3/c1-4-10-22(11-5-1)26-19-16-25(17-20-27-23-12-6-2-7-13-23)18-21-28-24-14-8-3-9-15-24/h1-15H,16-21H2. The van der Waals surface area contributed by atoms with Gasteiger partial charge in [0.15, 0.2) is 0 Å². The fraction of sp³-hybridized carbons (Fsp3) is 0.250. The third-order valence-corrected chi connectivity index (χ3v) is 10.8. The fourth-order valence-electron chi connectivity index (χ4n) is 2.76. The van der Waals surface area contributed by atoms with Gasteiger partial charge in [0.05, 0.1) is 0 Å². The van der Waals surface area contributed by atoms with Gasteiger partial charge < -0.3 is 0 Å². The van der Waals surface area contributed by atoms with Gasteiger partial charge in [-0.2, -0.15) is 0 Å². The maximum Gasteiger partial charge on any atom is 0.00720 e. The highest BCUT2D eigenvalue weighted by Crippen LogP contribution is 2.39. The van der Waals surface area contributed by atoms with E-state index in [-0.39, 0.29) is 7.92 Å². The van der Waals surface area contributed by atoms with E-state index >= 15 is 0 Å². The van der Waals surface area contributed by atoms with Gasteiger partial charge in [0.2, 0.25) is 0 Å². The van der Waals surface area contributed by atoms with Gasteiger partial charge in [0.25, 0.3) is 0 Å². The average Bonchev–Trinajstić information content (AvgIpc) is 2.76. The van der Waals surface area contributed by atoms with Crippen molar-refractivity contribution in [3.05, 3.63) is 91.0 Å². The second kappa shape index (κ2) is 13.4. The second-order valence-electron chi connectivity index (χ2n) is 6.33. The molecule has 0 aromatic heterocycles. The zero-order valence-corrected chi connectivity index (χ0v) is 19.4. The molecule has 3 rings (SSSR count). The Kier molecular flexibility index (Phi) is 10.4. The molecule has 4 heteroatoms. The first kappa shape index (κ1) is 21.8. The smallest absolute Gasteiger partial charge is 0.00720 e. The summed E-state index contributed by atoms with van der Waals surface area (Å²) in [6.07, 6.45) is 4.08. The summed E-state index contributed by atoms with van der Waals surface area (Å²) in [7, 11) is 0.0881. The maximum atomic E-state index is 2.23. The van der Waals surface area contributed by atoms with E-state index in [2.05, 4.69) is 91.0 Å². The Labute approximate surface area is 184 Å². The predicted octanol–water partition coefficient (Wildman–Crippen LogP) is 7.85. The monoisotopic (exact) mass is 442 g/mol. The number of hydrogen-bond donors (Lipinski definition) is 0. The normalized spacial score (nSPS) is 11.0. The van der Waals surface area contributed by atoms with Gasteiger partial charge in [-0.25, -0.2) is 0 Å². The summed E-state index contributed by atoms with van der Waals surface area (Å²) in [6.45, 7) is 0. The summed E-state index contributed by atoms with van der Waals surface area (Å²) in [4.78, 5) is 4.19. The molecule has 0 unspecified atom stereocenters. The predicted molar refractivity (Wildman–Crippen MR) is 133 cm³/mol. The lowest BCUT2D eigenvalue weighted by Gasteiger charge is -2.17. The molecule has 0 saturated carbocycles. The van der Waals surface area contributed by atoms with Crippen LogP contribution in [0.1, 0.15) is 0 Å². The summed E-state index contributed by atoms with van der Waals surface area (Å²) in [6, 6.07) is 32.5. The first-order chi connectivity index (χ1) is 13.9. The van der Waals surface area contributed by atoms with Crippen LogP contribution in [0.15, 0.2) is 106 Å². The number of rotatable bonds is 12. The molecule has 3 aromatic carbocycles. The molecule has 0 aliphatic rings. The lowest BCUT2D eigenvalue weighted by molar-refractivity contribution is 1.35. The summed E-state index contributed by atoms with van der Waals surface area (Å²) < 4.78 is 0. The Bertz CT molecular complexity index is 657. The van der Waals surface area contributed by atoms with Crippen molar-refractivity contribution in [2.45, 2.75) is 14.7 Å². The molecule has 0 fully saturated rings. The van der Waals surface area contributed by atoms with Gasteiger partial charge >= 0.3 is 0 Å². The van der Waals surface area contributed by atoms with Crippen molar-refractivity contribution < 1.29 is 0 Å². The lowest BCUT2D eigenvalue weighted by atomic mass is 10.4. The third kappa shape index (κ3) is 8.66. The molecule has 3 aromatic rings. The largest absolute Gasteiger partial charge is 0.126 e. The van der Waals surface area contributed by atoms with Crippen LogP contribution in [-0.2, 0) is 0 Å². The summed E-state index contributed by atoms with van der Waals surface area (Å²) in [5.41, 5.74) is 0. The topological polar surface area (TPSA) is 0 Å². The van der Waals surface area contributed by atoms with E-state index < -0.39 is 0 Å². The van der Waals surface area contributed by atoms with Crippen LogP contribution in [-0.4, -0.2) is 35.7 Å². The minimum absolute atomic E-state index is 0.0881. The van der Waals surface area contributed by atoms with Gasteiger partial charge in [-0.15, -0.1) is 43.2 Å². The highest BCUT2D eigenvalue weighted by molar-refractivity contribution is 8.00. The van der Waals surface area contributed by atoms with Crippen molar-refractivity contribution in [2.24, 2.45) is 0 Å². The molecule has 0 aliphatic heterocycles. The third-order valence-electron chi connectivity index (χ3n) is 4.26. The zero-order valence-electron chi connectivity index (χ0n) is 16.1. The van der Waals surface area contributed by atoms with Crippen LogP contribution < -0.4 is 0 Å². The van der Waals surface area contributed by atoms with Crippen LogP contribution in [0.4, 0.5) is 0 Å². The van der Waals surface area contributed by atoms with Gasteiger partial charge in [0.1, 0.15) is 0 Å². The number of benzene rings is 3. The van der Waals surface area contributed by atoms with Gasteiger partial charge in [-0.3, -0.25) is 0 Å². The second-order valence-corrected chi connectivity index (χ2v) is 12.5.